The molecule has 0 aromatic carbocycles. The first-order chi connectivity index (χ1) is 12.5. The average molecular weight is 384 g/mol. The number of carbonyl (C=O) groups is 1. The van der Waals surface area contributed by atoms with Crippen LogP contribution in [0, 0.1) is 5.92 Å². The Morgan fingerprint density at radius 2 is 2.04 bits per heavy atom. The molecule has 1 saturated carbocycles. The molecule has 0 spiro atoms. The van der Waals surface area contributed by atoms with E-state index < -0.39 is 9.84 Å². The zero-order valence-corrected chi connectivity index (χ0v) is 15.7. The Labute approximate surface area is 152 Å². The van der Waals surface area contributed by atoms with Crippen LogP contribution in [0.3, 0.4) is 0 Å². The first-order valence-corrected chi connectivity index (χ1v) is 10.8. The minimum atomic E-state index is -3.16. The van der Waals surface area contributed by atoms with Crippen LogP contribution in [0.1, 0.15) is 31.0 Å². The quantitative estimate of drug-likeness (QED) is 0.689. The van der Waals surface area contributed by atoms with E-state index in [4.69, 9.17) is 9.26 Å². The maximum Gasteiger partial charge on any atom is 0.240 e. The van der Waals surface area contributed by atoms with Gasteiger partial charge in [0.2, 0.25) is 11.8 Å². The Hall–Kier alpha value is -1.52. The maximum absolute atomic E-state index is 12.7. The van der Waals surface area contributed by atoms with Crippen LogP contribution in [0.25, 0.3) is 0 Å². The molecule has 0 radical (unpaired) electrons. The Morgan fingerprint density at radius 3 is 2.73 bits per heavy atom. The SMILES string of the molecule is COCc1noc(CN2CCN(C(=O)C3CCC3)[C@@H]3CS(=O)(=O)C[C@@H]32)n1. The molecule has 0 bridgehead atoms. The molecule has 2 saturated heterocycles. The van der Waals surface area contributed by atoms with Crippen LogP contribution in [0.2, 0.25) is 0 Å². The second kappa shape index (κ2) is 6.90. The van der Waals surface area contributed by atoms with Crippen LogP contribution < -0.4 is 0 Å². The molecule has 2 aliphatic heterocycles. The van der Waals surface area contributed by atoms with Crippen LogP contribution in [-0.4, -0.2) is 78.1 Å². The van der Waals surface area contributed by atoms with E-state index in [0.717, 1.165) is 19.3 Å². The fraction of sp³-hybridized carbons (Fsp3) is 0.812. The van der Waals surface area contributed by atoms with Gasteiger partial charge in [0, 0.05) is 32.2 Å². The molecule has 0 N–H and O–H groups in total. The van der Waals surface area contributed by atoms with Gasteiger partial charge in [-0.3, -0.25) is 9.69 Å². The summed E-state index contributed by atoms with van der Waals surface area (Å²) in [6.45, 7) is 1.81. The highest BCUT2D eigenvalue weighted by atomic mass is 32.2. The average Bonchev–Trinajstić information content (AvgIpc) is 3.09. The van der Waals surface area contributed by atoms with Crippen molar-refractivity contribution in [2.45, 2.75) is 44.5 Å². The molecule has 1 aromatic heterocycles. The lowest BCUT2D eigenvalue weighted by Gasteiger charge is -2.45. The smallest absolute Gasteiger partial charge is 0.240 e. The van der Waals surface area contributed by atoms with Gasteiger partial charge in [0.15, 0.2) is 15.7 Å². The highest BCUT2D eigenvalue weighted by Crippen LogP contribution is 2.33. The molecule has 26 heavy (non-hydrogen) atoms. The zero-order valence-electron chi connectivity index (χ0n) is 14.8. The molecule has 2 atom stereocenters. The molecule has 0 unspecified atom stereocenters. The van der Waals surface area contributed by atoms with Gasteiger partial charge in [-0.25, -0.2) is 8.42 Å². The number of rotatable bonds is 5. The third-order valence-corrected chi connectivity index (χ3v) is 7.35. The van der Waals surface area contributed by atoms with Crippen molar-refractivity contribution in [1.82, 2.24) is 19.9 Å². The maximum atomic E-state index is 12.7. The van der Waals surface area contributed by atoms with Crippen LogP contribution in [0.15, 0.2) is 4.52 Å². The number of amides is 1. The minimum absolute atomic E-state index is 0.0470. The molecule has 1 aromatic rings. The summed E-state index contributed by atoms with van der Waals surface area (Å²) in [4.78, 5) is 20.9. The number of sulfone groups is 1. The summed E-state index contributed by atoms with van der Waals surface area (Å²) in [5.74, 6) is 1.24. The van der Waals surface area contributed by atoms with Crippen LogP contribution in [-0.2, 0) is 32.5 Å². The molecule has 3 fully saturated rings. The second-order valence-corrected chi connectivity index (χ2v) is 9.53. The monoisotopic (exact) mass is 384 g/mol. The van der Waals surface area contributed by atoms with E-state index in [9.17, 15) is 13.2 Å². The lowest BCUT2D eigenvalue weighted by atomic mass is 9.83. The normalized spacial score (nSPS) is 28.7. The molecule has 10 heteroatoms. The Morgan fingerprint density at radius 1 is 1.27 bits per heavy atom. The van der Waals surface area contributed by atoms with Gasteiger partial charge in [-0.2, -0.15) is 4.98 Å². The molecule has 1 amide bonds. The number of hydrogen-bond donors (Lipinski definition) is 0. The molecular weight excluding hydrogens is 360 g/mol. The van der Waals surface area contributed by atoms with Crippen molar-refractivity contribution in [1.29, 1.82) is 0 Å². The van der Waals surface area contributed by atoms with Crippen molar-refractivity contribution in [3.8, 4) is 0 Å². The Balaban J connectivity index is 1.50. The van der Waals surface area contributed by atoms with Gasteiger partial charge in [0.1, 0.15) is 6.61 Å². The summed E-state index contributed by atoms with van der Waals surface area (Å²) in [7, 11) is -1.60. The Bertz CT molecular complexity index is 775. The number of aromatic nitrogens is 2. The van der Waals surface area contributed by atoms with Gasteiger partial charge in [0.25, 0.3) is 0 Å². The van der Waals surface area contributed by atoms with Crippen LogP contribution >= 0.6 is 0 Å². The highest BCUT2D eigenvalue weighted by Gasteiger charge is 2.49. The first-order valence-electron chi connectivity index (χ1n) is 9.02. The number of ether oxygens (including phenoxy) is 1. The summed E-state index contributed by atoms with van der Waals surface area (Å²) < 4.78 is 34.8. The largest absolute Gasteiger partial charge is 0.377 e. The van der Waals surface area contributed by atoms with E-state index in [1.54, 1.807) is 7.11 Å². The van der Waals surface area contributed by atoms with Gasteiger partial charge in [0.05, 0.1) is 24.1 Å². The molecular formula is C16H24N4O5S. The van der Waals surface area contributed by atoms with Gasteiger partial charge in [-0.1, -0.05) is 11.6 Å². The summed E-state index contributed by atoms with van der Waals surface area (Å²) >= 11 is 0. The summed E-state index contributed by atoms with van der Waals surface area (Å²) in [6, 6.07) is -0.487. The predicted octanol–water partition coefficient (Wildman–Crippen LogP) is -0.174. The zero-order chi connectivity index (χ0) is 18.3. The van der Waals surface area contributed by atoms with E-state index in [1.807, 2.05) is 4.90 Å². The fourth-order valence-electron chi connectivity index (χ4n) is 4.10. The lowest BCUT2D eigenvalue weighted by molar-refractivity contribution is -0.144. The molecule has 3 aliphatic rings. The third kappa shape index (κ3) is 3.37. The predicted molar refractivity (Wildman–Crippen MR) is 90.7 cm³/mol. The lowest BCUT2D eigenvalue weighted by Crippen LogP contribution is -2.61. The number of nitrogens with zero attached hydrogens (tertiary/aromatic N) is 4. The van der Waals surface area contributed by atoms with Crippen molar-refractivity contribution in [2.75, 3.05) is 31.7 Å². The van der Waals surface area contributed by atoms with E-state index in [-0.39, 0.29) is 42.0 Å². The molecule has 3 heterocycles. The van der Waals surface area contributed by atoms with E-state index in [2.05, 4.69) is 15.0 Å². The summed E-state index contributed by atoms with van der Waals surface area (Å²) in [5.41, 5.74) is 0. The molecule has 4 rings (SSSR count). The van der Waals surface area contributed by atoms with Crippen molar-refractivity contribution in [3.63, 3.8) is 0 Å². The van der Waals surface area contributed by atoms with Crippen LogP contribution in [0.5, 0.6) is 0 Å². The van der Waals surface area contributed by atoms with Gasteiger partial charge in [-0.15, -0.1) is 0 Å². The number of fused-ring (bicyclic) bond motifs is 1. The number of piperazine rings is 1. The molecule has 144 valence electrons. The molecule has 1 aliphatic carbocycles. The van der Waals surface area contributed by atoms with Gasteiger partial charge in [-0.05, 0) is 12.8 Å². The van der Waals surface area contributed by atoms with Crippen LogP contribution in [0.4, 0.5) is 0 Å². The van der Waals surface area contributed by atoms with E-state index in [0.29, 0.717) is 31.3 Å². The van der Waals surface area contributed by atoms with Crippen molar-refractivity contribution in [3.05, 3.63) is 11.7 Å². The van der Waals surface area contributed by atoms with E-state index in [1.165, 1.54) is 0 Å². The standard InChI is InChI=1S/C16H24N4O5S/c1-24-8-14-17-15(25-18-14)7-19-5-6-20(16(21)11-3-2-4-11)13-10-26(22,23)9-12(13)19/h11-13H,2-10H2,1H3/t12-,13+/m0/s1. The summed E-state index contributed by atoms with van der Waals surface area (Å²) in [5, 5.41) is 3.85. The number of carbonyl (C=O) groups excluding carboxylic acids is 1. The van der Waals surface area contributed by atoms with Crippen molar-refractivity contribution < 1.29 is 22.5 Å². The fourth-order valence-corrected chi connectivity index (χ4v) is 6.11. The van der Waals surface area contributed by atoms with Gasteiger partial charge < -0.3 is 14.2 Å². The minimum Gasteiger partial charge on any atom is -0.377 e. The Kier molecular flexibility index (Phi) is 4.74. The molecule has 9 nitrogen and oxygen atoms in total. The second-order valence-electron chi connectivity index (χ2n) is 7.38. The highest BCUT2D eigenvalue weighted by molar-refractivity contribution is 7.91. The topological polar surface area (TPSA) is 106 Å². The third-order valence-electron chi connectivity index (χ3n) is 5.65. The first kappa shape index (κ1) is 17.9. The number of methoxy groups -OCH3 is 1. The number of hydrogen-bond acceptors (Lipinski definition) is 8. The van der Waals surface area contributed by atoms with Crippen molar-refractivity contribution >= 4 is 15.7 Å². The van der Waals surface area contributed by atoms with Gasteiger partial charge >= 0.3 is 0 Å². The van der Waals surface area contributed by atoms with Crippen molar-refractivity contribution in [2.24, 2.45) is 5.92 Å². The van der Waals surface area contributed by atoms with E-state index >= 15 is 0 Å². The summed E-state index contributed by atoms with van der Waals surface area (Å²) in [6.07, 6.45) is 2.94.